The predicted molar refractivity (Wildman–Crippen MR) is 66.1 cm³/mol. The number of amides is 1. The maximum Gasteiger partial charge on any atom is 0.218 e. The Kier molecular flexibility index (Phi) is 5.18. The van der Waals surface area contributed by atoms with E-state index in [-0.39, 0.29) is 24.3 Å². The van der Waals surface area contributed by atoms with Gasteiger partial charge in [0, 0.05) is 19.0 Å². The second-order valence-corrected chi connectivity index (χ2v) is 4.07. The number of nitrogens with zero attached hydrogens (tertiary/aromatic N) is 1. The van der Waals surface area contributed by atoms with E-state index in [1.807, 2.05) is 37.3 Å². The van der Waals surface area contributed by atoms with Crippen molar-refractivity contribution < 1.29 is 4.79 Å². The highest BCUT2D eigenvalue weighted by molar-refractivity contribution is 5.74. The highest BCUT2D eigenvalue weighted by Gasteiger charge is 2.12. The molecule has 4 nitrogen and oxygen atoms in total. The van der Waals surface area contributed by atoms with Gasteiger partial charge in [-0.3, -0.25) is 4.79 Å². The fourth-order valence-corrected chi connectivity index (χ4v) is 1.62. The van der Waals surface area contributed by atoms with Gasteiger partial charge in [0.1, 0.15) is 0 Å². The van der Waals surface area contributed by atoms with Crippen molar-refractivity contribution in [2.24, 2.45) is 5.73 Å². The molecule has 3 N–H and O–H groups in total. The molecule has 1 rings (SSSR count). The highest BCUT2D eigenvalue weighted by Crippen LogP contribution is 2.13. The molecule has 1 aromatic rings. The van der Waals surface area contributed by atoms with Crippen LogP contribution in [0.1, 0.15) is 24.8 Å². The van der Waals surface area contributed by atoms with Gasteiger partial charge in [0.05, 0.1) is 12.0 Å². The first-order valence-corrected chi connectivity index (χ1v) is 5.59. The number of carbonyl (C=O) groups excluding carboxylic acids is 1. The van der Waals surface area contributed by atoms with Crippen LogP contribution in [0.2, 0.25) is 0 Å². The molecule has 0 radical (unpaired) electrons. The third-order valence-electron chi connectivity index (χ3n) is 2.54. The lowest BCUT2D eigenvalue weighted by atomic mass is 10.0. The molecule has 17 heavy (non-hydrogen) atoms. The summed E-state index contributed by atoms with van der Waals surface area (Å²) in [5.74, 6) is -0.537. The minimum absolute atomic E-state index is 0.00735. The van der Waals surface area contributed by atoms with Crippen LogP contribution in [0.5, 0.6) is 0 Å². The zero-order valence-electron chi connectivity index (χ0n) is 9.89. The van der Waals surface area contributed by atoms with E-state index in [0.717, 1.165) is 5.56 Å². The van der Waals surface area contributed by atoms with E-state index >= 15 is 0 Å². The maximum atomic E-state index is 10.7. The van der Waals surface area contributed by atoms with Gasteiger partial charge in [-0.15, -0.1) is 0 Å². The van der Waals surface area contributed by atoms with E-state index in [4.69, 9.17) is 11.0 Å². The summed E-state index contributed by atoms with van der Waals surface area (Å²) in [6.07, 6.45) is 0.285. The first kappa shape index (κ1) is 13.2. The topological polar surface area (TPSA) is 78.9 Å². The molecule has 0 spiro atoms. The summed E-state index contributed by atoms with van der Waals surface area (Å²) in [6, 6.07) is 11.8. The second-order valence-electron chi connectivity index (χ2n) is 4.07. The molecule has 0 saturated carbocycles. The van der Waals surface area contributed by atoms with Gasteiger partial charge in [-0.25, -0.2) is 0 Å². The third kappa shape index (κ3) is 4.66. The fourth-order valence-electron chi connectivity index (χ4n) is 1.62. The number of primary amides is 1. The van der Waals surface area contributed by atoms with Crippen LogP contribution in [0.4, 0.5) is 0 Å². The predicted octanol–water partition coefficient (Wildman–Crippen LogP) is 1.15. The number of nitrogens with two attached hydrogens (primary N) is 1. The molecule has 2 atom stereocenters. The van der Waals surface area contributed by atoms with E-state index in [0.29, 0.717) is 6.54 Å². The molecule has 1 amide bonds. The number of carbonyl (C=O) groups is 1. The van der Waals surface area contributed by atoms with E-state index in [9.17, 15) is 4.79 Å². The Morgan fingerprint density at radius 1 is 1.47 bits per heavy atom. The first-order chi connectivity index (χ1) is 8.13. The third-order valence-corrected chi connectivity index (χ3v) is 2.54. The van der Waals surface area contributed by atoms with Gasteiger partial charge in [0.15, 0.2) is 0 Å². The first-order valence-electron chi connectivity index (χ1n) is 5.59. The van der Waals surface area contributed by atoms with E-state index in [1.54, 1.807) is 0 Å². The average molecular weight is 231 g/mol. The second kappa shape index (κ2) is 6.66. The number of hydrogen-bond acceptors (Lipinski definition) is 3. The van der Waals surface area contributed by atoms with Crippen LogP contribution in [-0.4, -0.2) is 18.5 Å². The molecule has 0 aliphatic heterocycles. The molecule has 0 fully saturated rings. The highest BCUT2D eigenvalue weighted by atomic mass is 16.1. The lowest BCUT2D eigenvalue weighted by molar-refractivity contribution is -0.118. The van der Waals surface area contributed by atoms with Gasteiger partial charge in [0.2, 0.25) is 5.91 Å². The Bertz CT molecular complexity index is 397. The lowest BCUT2D eigenvalue weighted by Gasteiger charge is -2.15. The number of rotatable bonds is 6. The normalized spacial score (nSPS) is 13.6. The average Bonchev–Trinajstić information content (AvgIpc) is 2.30. The monoisotopic (exact) mass is 231 g/mol. The minimum Gasteiger partial charge on any atom is -0.370 e. The van der Waals surface area contributed by atoms with Crippen LogP contribution in [-0.2, 0) is 4.79 Å². The SMILES string of the molecule is CC(CC(N)=O)NCC(C#N)c1ccccc1. The van der Waals surface area contributed by atoms with Crippen LogP contribution in [0, 0.1) is 11.3 Å². The van der Waals surface area contributed by atoms with E-state index < -0.39 is 0 Å². The van der Waals surface area contributed by atoms with Crippen molar-refractivity contribution in [2.45, 2.75) is 25.3 Å². The number of nitriles is 1. The summed E-state index contributed by atoms with van der Waals surface area (Å²) in [5.41, 5.74) is 6.08. The number of nitrogens with one attached hydrogen (secondary N) is 1. The van der Waals surface area contributed by atoms with E-state index in [2.05, 4.69) is 11.4 Å². The van der Waals surface area contributed by atoms with Crippen molar-refractivity contribution in [2.75, 3.05) is 6.54 Å². The van der Waals surface area contributed by atoms with Crippen molar-refractivity contribution in [3.8, 4) is 6.07 Å². The molecule has 0 saturated heterocycles. The smallest absolute Gasteiger partial charge is 0.218 e. The number of benzene rings is 1. The van der Waals surface area contributed by atoms with Crippen molar-refractivity contribution in [1.82, 2.24) is 5.32 Å². The van der Waals surface area contributed by atoms with Gasteiger partial charge in [-0.2, -0.15) is 5.26 Å². The van der Waals surface area contributed by atoms with Crippen molar-refractivity contribution >= 4 is 5.91 Å². The Balaban J connectivity index is 2.49. The summed E-state index contributed by atoms with van der Waals surface area (Å²) in [7, 11) is 0. The molecule has 0 aliphatic carbocycles. The molecular weight excluding hydrogens is 214 g/mol. The van der Waals surface area contributed by atoms with Crippen molar-refractivity contribution in [3.05, 3.63) is 35.9 Å². The molecule has 1 aromatic carbocycles. The summed E-state index contributed by atoms with van der Waals surface area (Å²) >= 11 is 0. The molecule has 4 heteroatoms. The lowest BCUT2D eigenvalue weighted by Crippen LogP contribution is -2.33. The molecule has 90 valence electrons. The van der Waals surface area contributed by atoms with Crippen LogP contribution >= 0.6 is 0 Å². The molecule has 0 aliphatic rings. The van der Waals surface area contributed by atoms with Crippen molar-refractivity contribution in [3.63, 3.8) is 0 Å². The summed E-state index contributed by atoms with van der Waals surface area (Å²) in [4.78, 5) is 10.7. The Morgan fingerprint density at radius 3 is 2.65 bits per heavy atom. The van der Waals surface area contributed by atoms with Crippen LogP contribution in [0.25, 0.3) is 0 Å². The molecule has 0 bridgehead atoms. The zero-order valence-corrected chi connectivity index (χ0v) is 9.89. The largest absolute Gasteiger partial charge is 0.370 e. The standard InChI is InChI=1S/C13H17N3O/c1-10(7-13(15)17)16-9-12(8-14)11-5-3-2-4-6-11/h2-6,10,12,16H,7,9H2,1H3,(H2,15,17). The summed E-state index contributed by atoms with van der Waals surface area (Å²) in [5, 5.41) is 12.2. The van der Waals surface area contributed by atoms with Gasteiger partial charge >= 0.3 is 0 Å². The van der Waals surface area contributed by atoms with Gasteiger partial charge in [-0.1, -0.05) is 30.3 Å². The molecular formula is C13H17N3O. The Hall–Kier alpha value is -1.86. The molecule has 0 heterocycles. The van der Waals surface area contributed by atoms with Crippen LogP contribution in [0.3, 0.4) is 0 Å². The van der Waals surface area contributed by atoms with E-state index in [1.165, 1.54) is 0 Å². The summed E-state index contributed by atoms with van der Waals surface area (Å²) in [6.45, 7) is 2.40. The Morgan fingerprint density at radius 2 is 2.12 bits per heavy atom. The summed E-state index contributed by atoms with van der Waals surface area (Å²) < 4.78 is 0. The van der Waals surface area contributed by atoms with Crippen molar-refractivity contribution in [1.29, 1.82) is 5.26 Å². The fraction of sp³-hybridized carbons (Fsp3) is 0.385. The molecule has 0 aromatic heterocycles. The van der Waals surface area contributed by atoms with Gasteiger partial charge < -0.3 is 11.1 Å². The van der Waals surface area contributed by atoms with Gasteiger partial charge in [0.25, 0.3) is 0 Å². The maximum absolute atomic E-state index is 10.7. The number of hydrogen-bond donors (Lipinski definition) is 2. The zero-order chi connectivity index (χ0) is 12.7. The van der Waals surface area contributed by atoms with Crippen LogP contribution in [0.15, 0.2) is 30.3 Å². The molecule has 2 unspecified atom stereocenters. The Labute approximate surface area is 101 Å². The minimum atomic E-state index is -0.335. The quantitative estimate of drug-likeness (QED) is 0.770. The van der Waals surface area contributed by atoms with Gasteiger partial charge in [-0.05, 0) is 12.5 Å². The van der Waals surface area contributed by atoms with Crippen LogP contribution < -0.4 is 11.1 Å².